The van der Waals surface area contributed by atoms with E-state index in [0.717, 1.165) is 5.56 Å². The van der Waals surface area contributed by atoms with Gasteiger partial charge in [0.25, 0.3) is 5.91 Å². The molecule has 0 bridgehead atoms. The van der Waals surface area contributed by atoms with Crippen molar-refractivity contribution in [3.8, 4) is 0 Å². The zero-order chi connectivity index (χ0) is 18.3. The lowest BCUT2D eigenvalue weighted by molar-refractivity contribution is -0.165. The van der Waals surface area contributed by atoms with Gasteiger partial charge in [-0.3, -0.25) is 9.63 Å². The van der Waals surface area contributed by atoms with Crippen LogP contribution in [0.25, 0.3) is 0 Å². The number of aliphatic carboxylic acids is 2. The van der Waals surface area contributed by atoms with Gasteiger partial charge in [0.2, 0.25) is 0 Å². The number of carboxylic acids is 2. The van der Waals surface area contributed by atoms with Crippen LogP contribution in [0, 0.1) is 5.41 Å². The van der Waals surface area contributed by atoms with Gasteiger partial charge in [0.15, 0.2) is 0 Å². The summed E-state index contributed by atoms with van der Waals surface area (Å²) in [4.78, 5) is 36.4. The number of amides is 1. The van der Waals surface area contributed by atoms with E-state index < -0.39 is 17.4 Å². The maximum atomic E-state index is 11.9. The van der Waals surface area contributed by atoms with E-state index >= 15 is 0 Å². The van der Waals surface area contributed by atoms with Gasteiger partial charge in [-0.05, 0) is 25.5 Å². The Morgan fingerprint density at radius 3 is 2.21 bits per heavy atom. The monoisotopic (exact) mass is 355 g/mol. The van der Waals surface area contributed by atoms with Gasteiger partial charge < -0.3 is 10.2 Å². The van der Waals surface area contributed by atoms with Crippen LogP contribution < -0.4 is 0 Å². The minimum atomic E-state index is -1.26. The molecule has 0 saturated carbocycles. The lowest BCUT2D eigenvalue weighted by Gasteiger charge is -2.16. The standard InChI is InChI=1S/C12H14ClNO2.C4H4O4/c1-12(2)8-16-14(11(12)15)7-9-5-3-4-6-10(9)13;5-3(6)1-2-4(7)8/h3-6H,7-8H2,1-2H3;1-2H,(H,5,6)(H,7,8)/b;2-1+. The molecule has 1 aliphatic rings. The predicted octanol–water partition coefficient (Wildman–Crippen LogP) is 2.35. The van der Waals surface area contributed by atoms with Crippen LogP contribution in [0.1, 0.15) is 19.4 Å². The molecule has 0 radical (unpaired) electrons. The summed E-state index contributed by atoms with van der Waals surface area (Å²) >= 11 is 6.03. The second-order valence-electron chi connectivity index (χ2n) is 5.60. The van der Waals surface area contributed by atoms with Crippen molar-refractivity contribution in [1.29, 1.82) is 0 Å². The number of benzene rings is 1. The van der Waals surface area contributed by atoms with Gasteiger partial charge in [0.1, 0.15) is 0 Å². The van der Waals surface area contributed by atoms with Crippen molar-refractivity contribution in [3.05, 3.63) is 47.0 Å². The second-order valence-corrected chi connectivity index (χ2v) is 6.01. The summed E-state index contributed by atoms with van der Waals surface area (Å²) in [6.07, 6.45) is 1.12. The molecule has 1 heterocycles. The predicted molar refractivity (Wildman–Crippen MR) is 86.1 cm³/mol. The fourth-order valence-electron chi connectivity index (χ4n) is 1.74. The molecule has 1 aromatic carbocycles. The van der Waals surface area contributed by atoms with Crippen molar-refractivity contribution >= 4 is 29.4 Å². The lowest BCUT2D eigenvalue weighted by Crippen LogP contribution is -2.30. The number of carboxylic acid groups (broad SMARTS) is 2. The summed E-state index contributed by atoms with van der Waals surface area (Å²) in [5, 5.41) is 17.7. The molecular weight excluding hydrogens is 338 g/mol. The highest BCUT2D eigenvalue weighted by atomic mass is 35.5. The molecule has 1 fully saturated rings. The van der Waals surface area contributed by atoms with Crippen molar-refractivity contribution in [2.75, 3.05) is 6.61 Å². The average molecular weight is 356 g/mol. The van der Waals surface area contributed by atoms with E-state index in [9.17, 15) is 14.4 Å². The fraction of sp³-hybridized carbons (Fsp3) is 0.312. The van der Waals surface area contributed by atoms with Crippen molar-refractivity contribution in [2.24, 2.45) is 5.41 Å². The molecule has 130 valence electrons. The molecule has 1 aromatic rings. The third kappa shape index (κ3) is 6.02. The van der Waals surface area contributed by atoms with Crippen LogP contribution >= 0.6 is 11.6 Å². The molecular formula is C16H18ClNO6. The summed E-state index contributed by atoms with van der Waals surface area (Å²) in [5.74, 6) is -2.51. The Hall–Kier alpha value is -2.38. The highest BCUT2D eigenvalue weighted by Crippen LogP contribution is 2.29. The number of hydroxylamine groups is 2. The smallest absolute Gasteiger partial charge is 0.328 e. The van der Waals surface area contributed by atoms with E-state index in [1.165, 1.54) is 5.06 Å². The molecule has 0 unspecified atom stereocenters. The number of hydrogen-bond acceptors (Lipinski definition) is 4. The van der Waals surface area contributed by atoms with Crippen LogP contribution in [0.3, 0.4) is 0 Å². The van der Waals surface area contributed by atoms with Gasteiger partial charge >= 0.3 is 11.9 Å². The van der Waals surface area contributed by atoms with Crippen molar-refractivity contribution in [1.82, 2.24) is 5.06 Å². The maximum Gasteiger partial charge on any atom is 0.328 e. The highest BCUT2D eigenvalue weighted by Gasteiger charge is 2.40. The average Bonchev–Trinajstić information content (AvgIpc) is 2.75. The van der Waals surface area contributed by atoms with E-state index in [4.69, 9.17) is 26.7 Å². The number of carbonyl (C=O) groups is 3. The fourth-order valence-corrected chi connectivity index (χ4v) is 1.93. The SMILES string of the molecule is CC1(C)CON(Cc2ccccc2Cl)C1=O.O=C(O)/C=C/C(=O)O. The van der Waals surface area contributed by atoms with Crippen molar-refractivity contribution < 1.29 is 29.4 Å². The zero-order valence-electron chi connectivity index (χ0n) is 13.2. The van der Waals surface area contributed by atoms with Gasteiger partial charge in [0, 0.05) is 17.2 Å². The van der Waals surface area contributed by atoms with Crippen LogP contribution in [0.5, 0.6) is 0 Å². The molecule has 0 aromatic heterocycles. The third-order valence-corrected chi connectivity index (χ3v) is 3.40. The van der Waals surface area contributed by atoms with Gasteiger partial charge in [-0.2, -0.15) is 0 Å². The molecule has 8 heteroatoms. The molecule has 0 spiro atoms. The Labute approximate surface area is 144 Å². The van der Waals surface area contributed by atoms with E-state index in [1.54, 1.807) is 0 Å². The second kappa shape index (κ2) is 8.47. The quantitative estimate of drug-likeness (QED) is 0.803. The number of rotatable bonds is 4. The van der Waals surface area contributed by atoms with Crippen molar-refractivity contribution in [3.63, 3.8) is 0 Å². The molecule has 1 amide bonds. The molecule has 1 aliphatic heterocycles. The summed E-state index contributed by atoms with van der Waals surface area (Å²) in [6, 6.07) is 7.46. The van der Waals surface area contributed by atoms with Gasteiger partial charge in [-0.15, -0.1) is 0 Å². The Bertz CT molecular complexity index is 640. The minimum Gasteiger partial charge on any atom is -0.478 e. The van der Waals surface area contributed by atoms with E-state index in [1.807, 2.05) is 38.1 Å². The minimum absolute atomic E-state index is 0.00687. The van der Waals surface area contributed by atoms with Crippen molar-refractivity contribution in [2.45, 2.75) is 20.4 Å². The number of halogens is 1. The summed E-state index contributed by atoms with van der Waals surface area (Å²) in [7, 11) is 0. The maximum absolute atomic E-state index is 11.9. The Morgan fingerprint density at radius 1 is 1.25 bits per heavy atom. The van der Waals surface area contributed by atoms with E-state index in [2.05, 4.69) is 0 Å². The normalized spacial score (nSPS) is 16.0. The lowest BCUT2D eigenvalue weighted by atomic mass is 9.95. The number of nitrogens with zero attached hydrogens (tertiary/aromatic N) is 1. The molecule has 7 nitrogen and oxygen atoms in total. The zero-order valence-corrected chi connectivity index (χ0v) is 14.0. The first kappa shape index (κ1) is 19.7. The van der Waals surface area contributed by atoms with Gasteiger partial charge in [0.05, 0.1) is 18.6 Å². The number of hydrogen-bond donors (Lipinski definition) is 2. The third-order valence-electron chi connectivity index (χ3n) is 3.03. The van der Waals surface area contributed by atoms with E-state index in [0.29, 0.717) is 30.3 Å². The van der Waals surface area contributed by atoms with Crippen LogP contribution in [0.15, 0.2) is 36.4 Å². The first-order valence-electron chi connectivity index (χ1n) is 6.95. The Kier molecular flexibility index (Phi) is 6.94. The summed E-state index contributed by atoms with van der Waals surface area (Å²) in [6.45, 7) is 4.59. The van der Waals surface area contributed by atoms with Crippen LogP contribution in [0.2, 0.25) is 5.02 Å². The largest absolute Gasteiger partial charge is 0.478 e. The van der Waals surface area contributed by atoms with Gasteiger partial charge in [-0.25, -0.2) is 14.7 Å². The Balaban J connectivity index is 0.000000307. The van der Waals surface area contributed by atoms with E-state index in [-0.39, 0.29) is 5.91 Å². The first-order chi connectivity index (χ1) is 11.1. The highest BCUT2D eigenvalue weighted by molar-refractivity contribution is 6.31. The molecule has 2 N–H and O–H groups in total. The number of carbonyl (C=O) groups excluding carboxylic acids is 1. The molecule has 0 atom stereocenters. The molecule has 2 rings (SSSR count). The first-order valence-corrected chi connectivity index (χ1v) is 7.33. The van der Waals surface area contributed by atoms with Crippen LogP contribution in [0.4, 0.5) is 0 Å². The topological polar surface area (TPSA) is 104 Å². The van der Waals surface area contributed by atoms with Crippen LogP contribution in [-0.2, 0) is 25.8 Å². The summed E-state index contributed by atoms with van der Waals surface area (Å²) < 4.78 is 0. The van der Waals surface area contributed by atoms with Gasteiger partial charge in [-0.1, -0.05) is 29.8 Å². The molecule has 1 saturated heterocycles. The van der Waals surface area contributed by atoms with Crippen LogP contribution in [-0.4, -0.2) is 39.7 Å². The molecule has 0 aliphatic carbocycles. The summed E-state index contributed by atoms with van der Waals surface area (Å²) in [5.41, 5.74) is 0.469. The Morgan fingerprint density at radius 2 is 1.79 bits per heavy atom. The molecule has 24 heavy (non-hydrogen) atoms.